The lowest BCUT2D eigenvalue weighted by atomic mass is 10.2. The first-order valence-corrected chi connectivity index (χ1v) is 7.22. The van der Waals surface area contributed by atoms with E-state index < -0.39 is 0 Å². The Kier molecular flexibility index (Phi) is 4.19. The third-order valence-electron chi connectivity index (χ3n) is 2.75. The minimum absolute atomic E-state index is 0.696. The zero-order valence-electron chi connectivity index (χ0n) is 11.5. The minimum atomic E-state index is 0.696. The smallest absolute Gasteiger partial charge is 0.194 e. The molecule has 3 nitrogen and oxygen atoms in total. The SMILES string of the molecule is Cc1cn2c(C=CCNCC(C)C)c(C)nc2s1. The van der Waals surface area contributed by atoms with Crippen molar-refractivity contribution in [1.29, 1.82) is 0 Å². The van der Waals surface area contributed by atoms with Gasteiger partial charge in [-0.1, -0.05) is 19.9 Å². The van der Waals surface area contributed by atoms with Crippen LogP contribution in [0.3, 0.4) is 0 Å². The highest BCUT2D eigenvalue weighted by molar-refractivity contribution is 7.17. The van der Waals surface area contributed by atoms with Crippen LogP contribution >= 0.6 is 11.3 Å². The number of nitrogens with zero attached hydrogens (tertiary/aromatic N) is 2. The van der Waals surface area contributed by atoms with E-state index in [1.54, 1.807) is 11.3 Å². The molecule has 0 amide bonds. The molecule has 0 saturated carbocycles. The largest absolute Gasteiger partial charge is 0.313 e. The van der Waals surface area contributed by atoms with E-state index in [0.717, 1.165) is 23.7 Å². The van der Waals surface area contributed by atoms with Gasteiger partial charge in [-0.05, 0) is 32.4 Å². The Hall–Kier alpha value is -1.13. The Bertz CT molecular complexity index is 549. The number of fused-ring (bicyclic) bond motifs is 1. The number of aryl methyl sites for hydroxylation is 2. The van der Waals surface area contributed by atoms with Crippen LogP contribution in [0.15, 0.2) is 12.3 Å². The summed E-state index contributed by atoms with van der Waals surface area (Å²) in [6.45, 7) is 10.6. The predicted molar refractivity (Wildman–Crippen MR) is 79.3 cm³/mol. The first-order valence-electron chi connectivity index (χ1n) is 6.40. The third kappa shape index (κ3) is 3.00. The molecule has 0 atom stereocenters. The lowest BCUT2D eigenvalue weighted by molar-refractivity contribution is 0.577. The normalized spacial score (nSPS) is 12.3. The molecule has 1 N–H and O–H groups in total. The standard InChI is InChI=1S/C14H21N3S/c1-10(2)8-15-7-5-6-13-12(4)16-14-17(13)9-11(3)18-14/h5-6,9-10,15H,7-8H2,1-4H3. The molecule has 2 aromatic heterocycles. The Morgan fingerprint density at radius 3 is 2.94 bits per heavy atom. The number of aromatic nitrogens is 2. The van der Waals surface area contributed by atoms with Gasteiger partial charge in [0.05, 0.1) is 11.4 Å². The van der Waals surface area contributed by atoms with Crippen molar-refractivity contribution in [3.05, 3.63) is 28.5 Å². The fraction of sp³-hybridized carbons (Fsp3) is 0.500. The second-order valence-electron chi connectivity index (χ2n) is 5.03. The van der Waals surface area contributed by atoms with Crippen LogP contribution in [-0.2, 0) is 0 Å². The molecule has 0 aliphatic carbocycles. The van der Waals surface area contributed by atoms with Crippen molar-refractivity contribution in [2.24, 2.45) is 5.92 Å². The van der Waals surface area contributed by atoms with Gasteiger partial charge in [0.15, 0.2) is 4.96 Å². The number of nitrogens with one attached hydrogen (secondary N) is 1. The molecule has 0 aromatic carbocycles. The topological polar surface area (TPSA) is 29.3 Å². The quantitative estimate of drug-likeness (QED) is 0.839. The average Bonchev–Trinajstić information content (AvgIpc) is 2.75. The highest BCUT2D eigenvalue weighted by atomic mass is 32.1. The van der Waals surface area contributed by atoms with E-state index in [-0.39, 0.29) is 0 Å². The van der Waals surface area contributed by atoms with E-state index in [1.165, 1.54) is 10.6 Å². The van der Waals surface area contributed by atoms with Crippen molar-refractivity contribution in [3.8, 4) is 0 Å². The molecule has 4 heteroatoms. The maximum Gasteiger partial charge on any atom is 0.194 e. The Morgan fingerprint density at radius 1 is 1.44 bits per heavy atom. The molecule has 0 bridgehead atoms. The molecule has 18 heavy (non-hydrogen) atoms. The maximum atomic E-state index is 4.57. The van der Waals surface area contributed by atoms with Crippen LogP contribution in [0.2, 0.25) is 0 Å². The van der Waals surface area contributed by atoms with Crippen LogP contribution in [-0.4, -0.2) is 22.5 Å². The maximum absolute atomic E-state index is 4.57. The molecule has 2 heterocycles. The summed E-state index contributed by atoms with van der Waals surface area (Å²) in [7, 11) is 0. The van der Waals surface area contributed by atoms with Gasteiger partial charge in [0, 0.05) is 17.6 Å². The van der Waals surface area contributed by atoms with E-state index in [1.807, 2.05) is 0 Å². The zero-order chi connectivity index (χ0) is 13.1. The van der Waals surface area contributed by atoms with Gasteiger partial charge in [0.25, 0.3) is 0 Å². The van der Waals surface area contributed by atoms with Crippen molar-refractivity contribution in [2.75, 3.05) is 13.1 Å². The van der Waals surface area contributed by atoms with Crippen LogP contribution in [0.4, 0.5) is 0 Å². The summed E-state index contributed by atoms with van der Waals surface area (Å²) in [4.78, 5) is 6.95. The summed E-state index contributed by atoms with van der Waals surface area (Å²) < 4.78 is 2.17. The lowest BCUT2D eigenvalue weighted by Gasteiger charge is -2.03. The average molecular weight is 263 g/mol. The van der Waals surface area contributed by atoms with Crippen molar-refractivity contribution >= 4 is 22.4 Å². The molecule has 0 aliphatic rings. The molecule has 0 spiro atoms. The zero-order valence-corrected chi connectivity index (χ0v) is 12.3. The van der Waals surface area contributed by atoms with Gasteiger partial charge in [0.1, 0.15) is 0 Å². The van der Waals surface area contributed by atoms with Gasteiger partial charge in [-0.15, -0.1) is 11.3 Å². The minimum Gasteiger partial charge on any atom is -0.313 e. The Morgan fingerprint density at radius 2 is 2.22 bits per heavy atom. The van der Waals surface area contributed by atoms with Crippen molar-refractivity contribution in [3.63, 3.8) is 0 Å². The highest BCUT2D eigenvalue weighted by Gasteiger charge is 2.07. The Balaban J connectivity index is 2.06. The monoisotopic (exact) mass is 263 g/mol. The second kappa shape index (κ2) is 5.67. The van der Waals surface area contributed by atoms with Gasteiger partial charge in [-0.2, -0.15) is 0 Å². The van der Waals surface area contributed by atoms with Crippen molar-refractivity contribution < 1.29 is 0 Å². The molecular formula is C14H21N3S. The van der Waals surface area contributed by atoms with E-state index in [4.69, 9.17) is 0 Å². The molecule has 0 saturated heterocycles. The number of rotatable bonds is 5. The van der Waals surface area contributed by atoms with E-state index >= 15 is 0 Å². The fourth-order valence-electron chi connectivity index (χ4n) is 1.91. The molecule has 0 radical (unpaired) electrons. The Labute approximate surface area is 113 Å². The van der Waals surface area contributed by atoms with Crippen LogP contribution in [0.1, 0.15) is 30.1 Å². The molecule has 0 fully saturated rings. The van der Waals surface area contributed by atoms with Crippen LogP contribution in [0, 0.1) is 19.8 Å². The van der Waals surface area contributed by atoms with Gasteiger partial charge in [0.2, 0.25) is 0 Å². The van der Waals surface area contributed by atoms with Crippen molar-refractivity contribution in [1.82, 2.24) is 14.7 Å². The van der Waals surface area contributed by atoms with Gasteiger partial charge >= 0.3 is 0 Å². The first kappa shape index (κ1) is 13.3. The highest BCUT2D eigenvalue weighted by Crippen LogP contribution is 2.21. The van der Waals surface area contributed by atoms with E-state index in [0.29, 0.717) is 5.92 Å². The molecule has 98 valence electrons. The second-order valence-corrected chi connectivity index (χ2v) is 6.24. The van der Waals surface area contributed by atoms with E-state index in [9.17, 15) is 0 Å². The summed E-state index contributed by atoms with van der Waals surface area (Å²) in [5.74, 6) is 0.696. The first-order chi connectivity index (χ1) is 8.58. The summed E-state index contributed by atoms with van der Waals surface area (Å²) in [6.07, 6.45) is 6.49. The van der Waals surface area contributed by atoms with Crippen molar-refractivity contribution in [2.45, 2.75) is 27.7 Å². The van der Waals surface area contributed by atoms with Gasteiger partial charge in [-0.3, -0.25) is 4.40 Å². The summed E-state index contributed by atoms with van der Waals surface area (Å²) >= 11 is 1.74. The van der Waals surface area contributed by atoms with E-state index in [2.05, 4.69) is 60.7 Å². The van der Waals surface area contributed by atoms with Gasteiger partial charge < -0.3 is 5.32 Å². The van der Waals surface area contributed by atoms with Crippen LogP contribution in [0.25, 0.3) is 11.0 Å². The summed E-state index contributed by atoms with van der Waals surface area (Å²) in [5, 5.41) is 3.41. The summed E-state index contributed by atoms with van der Waals surface area (Å²) in [5.41, 5.74) is 2.29. The van der Waals surface area contributed by atoms with Crippen LogP contribution in [0.5, 0.6) is 0 Å². The number of thiazole rings is 1. The van der Waals surface area contributed by atoms with Crippen LogP contribution < -0.4 is 5.32 Å². The number of hydrogen-bond donors (Lipinski definition) is 1. The molecule has 2 aromatic rings. The molecular weight excluding hydrogens is 242 g/mol. The third-order valence-corrected chi connectivity index (χ3v) is 3.65. The lowest BCUT2D eigenvalue weighted by Crippen LogP contribution is -2.19. The van der Waals surface area contributed by atoms with Gasteiger partial charge in [-0.25, -0.2) is 4.98 Å². The predicted octanol–water partition coefficient (Wildman–Crippen LogP) is 3.27. The molecule has 0 aliphatic heterocycles. The summed E-state index contributed by atoms with van der Waals surface area (Å²) in [6, 6.07) is 0. The number of imidazole rings is 1. The number of hydrogen-bond acceptors (Lipinski definition) is 3. The molecule has 0 unspecified atom stereocenters. The molecule has 2 rings (SSSR count). The fourth-order valence-corrected chi connectivity index (χ4v) is 2.79.